The molecule has 26 heavy (non-hydrogen) atoms. The van der Waals surface area contributed by atoms with E-state index in [1.807, 2.05) is 6.92 Å². The average molecular weight is 365 g/mol. The lowest BCUT2D eigenvalue weighted by molar-refractivity contribution is -0.176. The number of hydrogen-bond donors (Lipinski definition) is 3. The van der Waals surface area contributed by atoms with Gasteiger partial charge >= 0.3 is 5.97 Å². The first-order valence-corrected chi connectivity index (χ1v) is 10.8. The summed E-state index contributed by atoms with van der Waals surface area (Å²) in [6.07, 6.45) is 7.42. The number of hydrogen-bond acceptors (Lipinski definition) is 3. The molecule has 4 aliphatic carbocycles. The van der Waals surface area contributed by atoms with E-state index in [1.165, 1.54) is 0 Å². The average Bonchev–Trinajstić information content (AvgIpc) is 2.93. The van der Waals surface area contributed by atoms with E-state index < -0.39 is 5.97 Å². The molecule has 0 spiro atoms. The Kier molecular flexibility index (Phi) is 4.47. The van der Waals surface area contributed by atoms with Gasteiger partial charge in [0.25, 0.3) is 0 Å². The van der Waals surface area contributed by atoms with E-state index in [0.29, 0.717) is 23.7 Å². The summed E-state index contributed by atoms with van der Waals surface area (Å²) in [6.45, 7) is 6.61. The molecule has 0 aromatic heterocycles. The second-order valence-corrected chi connectivity index (χ2v) is 10.6. The zero-order chi connectivity index (χ0) is 18.9. The summed E-state index contributed by atoms with van der Waals surface area (Å²) >= 11 is 0. The molecule has 4 nitrogen and oxygen atoms in total. The quantitative estimate of drug-likeness (QED) is 0.698. The second kappa shape index (κ2) is 6.20. The first-order chi connectivity index (χ1) is 12.2. The molecule has 0 amide bonds. The maximum Gasteiger partial charge on any atom is 0.306 e. The predicted octanol–water partition coefficient (Wildman–Crippen LogP) is 3.70. The highest BCUT2D eigenvalue weighted by Gasteiger charge is 2.63. The molecule has 5 unspecified atom stereocenters. The maximum atomic E-state index is 11.6. The lowest BCUT2D eigenvalue weighted by Crippen LogP contribution is -2.58. The van der Waals surface area contributed by atoms with Crippen molar-refractivity contribution in [3.05, 3.63) is 0 Å². The van der Waals surface area contributed by atoms with Gasteiger partial charge in [-0.25, -0.2) is 0 Å². The molecule has 0 aromatic carbocycles. The number of aliphatic carboxylic acids is 1. The van der Waals surface area contributed by atoms with Crippen LogP contribution < -0.4 is 0 Å². The number of carboxylic acids is 1. The van der Waals surface area contributed by atoms with Crippen LogP contribution in [0.25, 0.3) is 0 Å². The largest absolute Gasteiger partial charge is 0.481 e. The van der Waals surface area contributed by atoms with Crippen molar-refractivity contribution in [1.29, 1.82) is 0 Å². The maximum absolute atomic E-state index is 11.6. The van der Waals surface area contributed by atoms with Crippen LogP contribution in [-0.2, 0) is 4.79 Å². The molecule has 0 heterocycles. The Labute approximate surface area is 157 Å². The monoisotopic (exact) mass is 364 g/mol. The van der Waals surface area contributed by atoms with E-state index in [0.717, 1.165) is 51.4 Å². The number of carbonyl (C=O) groups is 1. The van der Waals surface area contributed by atoms with Crippen LogP contribution in [0.1, 0.15) is 72.1 Å². The Bertz CT molecular complexity index is 576. The van der Waals surface area contributed by atoms with Crippen LogP contribution in [-0.4, -0.2) is 33.5 Å². The molecule has 0 aliphatic heterocycles. The Morgan fingerprint density at radius 3 is 2.31 bits per heavy atom. The minimum absolute atomic E-state index is 0.0529. The van der Waals surface area contributed by atoms with E-state index in [9.17, 15) is 20.1 Å². The van der Waals surface area contributed by atoms with Crippen LogP contribution >= 0.6 is 0 Å². The molecular weight excluding hydrogens is 328 g/mol. The molecule has 0 aromatic rings. The molecule has 10 atom stereocenters. The van der Waals surface area contributed by atoms with Crippen LogP contribution in [0.5, 0.6) is 0 Å². The van der Waals surface area contributed by atoms with E-state index in [2.05, 4.69) is 13.8 Å². The van der Waals surface area contributed by atoms with Gasteiger partial charge in [-0.15, -0.1) is 0 Å². The number of aliphatic hydroxyl groups excluding tert-OH is 2. The summed E-state index contributed by atoms with van der Waals surface area (Å²) in [6, 6.07) is 0. The highest BCUT2D eigenvalue weighted by Crippen LogP contribution is 2.68. The van der Waals surface area contributed by atoms with E-state index in [1.54, 1.807) is 0 Å². The van der Waals surface area contributed by atoms with Crippen molar-refractivity contribution in [3.8, 4) is 0 Å². The van der Waals surface area contributed by atoms with Crippen molar-refractivity contribution in [2.75, 3.05) is 0 Å². The van der Waals surface area contributed by atoms with E-state index in [4.69, 9.17) is 0 Å². The minimum atomic E-state index is -0.670. The smallest absolute Gasteiger partial charge is 0.306 e. The summed E-state index contributed by atoms with van der Waals surface area (Å²) in [5.41, 5.74) is 0.290. The van der Waals surface area contributed by atoms with Gasteiger partial charge in [-0.2, -0.15) is 0 Å². The normalized spacial score (nSPS) is 54.7. The first kappa shape index (κ1) is 18.7. The van der Waals surface area contributed by atoms with E-state index in [-0.39, 0.29) is 34.9 Å². The van der Waals surface area contributed by atoms with Crippen molar-refractivity contribution in [2.45, 2.75) is 84.3 Å². The minimum Gasteiger partial charge on any atom is -0.481 e. The van der Waals surface area contributed by atoms with Crippen LogP contribution in [0.3, 0.4) is 0 Å². The summed E-state index contributed by atoms with van der Waals surface area (Å²) in [7, 11) is 0. The highest BCUT2D eigenvalue weighted by molar-refractivity contribution is 5.70. The third-order valence-electron chi connectivity index (χ3n) is 9.72. The molecule has 4 fully saturated rings. The molecule has 4 aliphatic rings. The van der Waals surface area contributed by atoms with Gasteiger partial charge in [-0.1, -0.05) is 20.8 Å². The Morgan fingerprint density at radius 1 is 0.962 bits per heavy atom. The number of carboxylic acid groups (broad SMARTS) is 1. The fourth-order valence-corrected chi connectivity index (χ4v) is 8.23. The topological polar surface area (TPSA) is 77.8 Å². The summed E-state index contributed by atoms with van der Waals surface area (Å²) in [4.78, 5) is 11.6. The van der Waals surface area contributed by atoms with Gasteiger partial charge in [0.1, 0.15) is 0 Å². The van der Waals surface area contributed by atoms with Crippen LogP contribution in [0.2, 0.25) is 0 Å². The van der Waals surface area contributed by atoms with Crippen molar-refractivity contribution < 1.29 is 20.1 Å². The van der Waals surface area contributed by atoms with Gasteiger partial charge < -0.3 is 15.3 Å². The second-order valence-electron chi connectivity index (χ2n) is 10.6. The standard InChI is InChI=1S/C22H36O4/c1-12(20(25)26)15-4-5-16-19-17(7-9-22(15,16)3)21(2)8-6-14(23)10-13(21)11-18(19)24/h12-19,23-24H,4-11H2,1-3H3,(H,25,26)/t12-,13?,14+,15?,16?,17?,18+,19?,21-,22+/m0/s1. The van der Waals surface area contributed by atoms with Crippen LogP contribution in [0.4, 0.5) is 0 Å². The fraction of sp³-hybridized carbons (Fsp3) is 0.955. The molecule has 4 rings (SSSR count). The molecule has 0 bridgehead atoms. The summed E-state index contributed by atoms with van der Waals surface area (Å²) in [5, 5.41) is 30.9. The highest BCUT2D eigenvalue weighted by atomic mass is 16.4. The number of fused-ring (bicyclic) bond motifs is 5. The van der Waals surface area contributed by atoms with Crippen LogP contribution in [0.15, 0.2) is 0 Å². The number of aliphatic hydroxyl groups is 2. The van der Waals surface area contributed by atoms with Crippen LogP contribution in [0, 0.1) is 46.3 Å². The van der Waals surface area contributed by atoms with Gasteiger partial charge in [0, 0.05) is 0 Å². The zero-order valence-electron chi connectivity index (χ0n) is 16.5. The Morgan fingerprint density at radius 2 is 1.62 bits per heavy atom. The molecule has 4 saturated carbocycles. The molecular formula is C22H36O4. The third kappa shape index (κ3) is 2.51. The van der Waals surface area contributed by atoms with Gasteiger partial charge in [0.15, 0.2) is 0 Å². The Balaban J connectivity index is 1.64. The Hall–Kier alpha value is -0.610. The van der Waals surface area contributed by atoms with Crippen molar-refractivity contribution in [1.82, 2.24) is 0 Å². The summed E-state index contributed by atoms with van der Waals surface area (Å²) in [5.74, 6) is 0.996. The lowest BCUT2D eigenvalue weighted by Gasteiger charge is -2.62. The molecule has 0 saturated heterocycles. The van der Waals surface area contributed by atoms with Crippen molar-refractivity contribution in [3.63, 3.8) is 0 Å². The van der Waals surface area contributed by atoms with Gasteiger partial charge in [0.05, 0.1) is 18.1 Å². The summed E-state index contributed by atoms with van der Waals surface area (Å²) < 4.78 is 0. The zero-order valence-corrected chi connectivity index (χ0v) is 16.5. The first-order valence-electron chi connectivity index (χ1n) is 10.8. The predicted molar refractivity (Wildman–Crippen MR) is 99.4 cm³/mol. The van der Waals surface area contributed by atoms with Gasteiger partial charge in [-0.3, -0.25) is 4.79 Å². The van der Waals surface area contributed by atoms with Gasteiger partial charge in [-0.05, 0) is 91.8 Å². The third-order valence-corrected chi connectivity index (χ3v) is 9.72. The molecule has 4 heteroatoms. The number of rotatable bonds is 2. The molecule has 3 N–H and O–H groups in total. The van der Waals surface area contributed by atoms with Gasteiger partial charge in [0.2, 0.25) is 0 Å². The lowest BCUT2D eigenvalue weighted by atomic mass is 9.43. The molecule has 0 radical (unpaired) electrons. The van der Waals surface area contributed by atoms with Crippen molar-refractivity contribution >= 4 is 5.97 Å². The molecule has 148 valence electrons. The van der Waals surface area contributed by atoms with E-state index >= 15 is 0 Å². The SMILES string of the molecule is C[C@H](C(=O)O)C1CCC2C3C(CC[C@@]21C)[C@@]1(C)CC[C@@H](O)CC1C[C@H]3O. The van der Waals surface area contributed by atoms with Crippen molar-refractivity contribution in [2.24, 2.45) is 46.3 Å². The fourth-order valence-electron chi connectivity index (χ4n) is 8.23.